The molecular formula is C13H19FN2O2. The van der Waals surface area contributed by atoms with E-state index in [2.05, 4.69) is 5.32 Å². The average Bonchev–Trinajstić information content (AvgIpc) is 2.36. The zero-order valence-corrected chi connectivity index (χ0v) is 10.7. The molecule has 4 nitrogen and oxygen atoms in total. The Kier molecular flexibility index (Phi) is 5.74. The zero-order valence-electron chi connectivity index (χ0n) is 10.7. The van der Waals surface area contributed by atoms with E-state index < -0.39 is 0 Å². The standard InChI is InChI=1S/C13H19FN2O2/c1-9(11-5-3-4-6-12(11)14)16-13(17)7-10(8-15)18-2/h3-6,9-10H,7-8,15H2,1-2H3,(H,16,17). The zero-order chi connectivity index (χ0) is 13.5. The summed E-state index contributed by atoms with van der Waals surface area (Å²) < 4.78 is 18.5. The van der Waals surface area contributed by atoms with Gasteiger partial charge in [-0.25, -0.2) is 4.39 Å². The van der Waals surface area contributed by atoms with Gasteiger partial charge in [0, 0.05) is 19.2 Å². The molecule has 2 atom stereocenters. The summed E-state index contributed by atoms with van der Waals surface area (Å²) in [6.07, 6.45) is -0.135. The van der Waals surface area contributed by atoms with Crippen LogP contribution in [0.15, 0.2) is 24.3 Å². The number of carbonyl (C=O) groups excluding carboxylic acids is 1. The minimum Gasteiger partial charge on any atom is -0.380 e. The highest BCUT2D eigenvalue weighted by molar-refractivity contribution is 5.77. The lowest BCUT2D eigenvalue weighted by Gasteiger charge is -2.17. The molecule has 0 saturated carbocycles. The highest BCUT2D eigenvalue weighted by Crippen LogP contribution is 2.16. The van der Waals surface area contributed by atoms with Crippen LogP contribution in [0.1, 0.15) is 24.9 Å². The molecule has 18 heavy (non-hydrogen) atoms. The van der Waals surface area contributed by atoms with Crippen LogP contribution in [0.5, 0.6) is 0 Å². The van der Waals surface area contributed by atoms with Crippen molar-refractivity contribution in [2.24, 2.45) is 5.73 Å². The normalized spacial score (nSPS) is 14.0. The topological polar surface area (TPSA) is 64.3 Å². The van der Waals surface area contributed by atoms with Gasteiger partial charge in [0.05, 0.1) is 18.6 Å². The summed E-state index contributed by atoms with van der Waals surface area (Å²) in [5.41, 5.74) is 5.90. The van der Waals surface area contributed by atoms with Gasteiger partial charge in [0.15, 0.2) is 0 Å². The number of methoxy groups -OCH3 is 1. The van der Waals surface area contributed by atoms with Crippen LogP contribution in [0.4, 0.5) is 4.39 Å². The largest absolute Gasteiger partial charge is 0.380 e. The number of nitrogens with one attached hydrogen (secondary N) is 1. The molecule has 0 aliphatic rings. The van der Waals surface area contributed by atoms with E-state index in [0.717, 1.165) is 0 Å². The molecular weight excluding hydrogens is 235 g/mol. The summed E-state index contributed by atoms with van der Waals surface area (Å²) in [6.45, 7) is 2.01. The van der Waals surface area contributed by atoms with Gasteiger partial charge >= 0.3 is 0 Å². The summed E-state index contributed by atoms with van der Waals surface area (Å²) >= 11 is 0. The number of carbonyl (C=O) groups is 1. The van der Waals surface area contributed by atoms with Gasteiger partial charge < -0.3 is 15.8 Å². The van der Waals surface area contributed by atoms with Crippen molar-refractivity contribution in [1.82, 2.24) is 5.32 Å². The Balaban J connectivity index is 2.57. The van der Waals surface area contributed by atoms with Crippen LogP contribution in [0.25, 0.3) is 0 Å². The third kappa shape index (κ3) is 4.09. The first kappa shape index (κ1) is 14.6. The van der Waals surface area contributed by atoms with Crippen molar-refractivity contribution in [1.29, 1.82) is 0 Å². The van der Waals surface area contributed by atoms with Gasteiger partial charge in [-0.3, -0.25) is 4.79 Å². The smallest absolute Gasteiger partial charge is 0.223 e. The fraction of sp³-hybridized carbons (Fsp3) is 0.462. The summed E-state index contributed by atoms with van der Waals surface area (Å²) in [6, 6.07) is 5.99. The molecule has 5 heteroatoms. The van der Waals surface area contributed by atoms with Crippen molar-refractivity contribution in [3.05, 3.63) is 35.6 Å². The maximum atomic E-state index is 13.5. The second-order valence-electron chi connectivity index (χ2n) is 4.11. The minimum atomic E-state index is -0.381. The fourth-order valence-corrected chi connectivity index (χ4v) is 1.67. The Labute approximate surface area is 106 Å². The Hall–Kier alpha value is -1.46. The highest BCUT2D eigenvalue weighted by atomic mass is 19.1. The Bertz CT molecular complexity index is 394. The molecule has 100 valence electrons. The van der Waals surface area contributed by atoms with E-state index in [1.54, 1.807) is 25.1 Å². The van der Waals surface area contributed by atoms with Gasteiger partial charge in [-0.15, -0.1) is 0 Å². The Morgan fingerprint density at radius 3 is 2.72 bits per heavy atom. The second kappa shape index (κ2) is 7.08. The predicted octanol–water partition coefficient (Wildman–Crippen LogP) is 1.37. The third-order valence-electron chi connectivity index (χ3n) is 2.76. The van der Waals surface area contributed by atoms with E-state index in [1.807, 2.05) is 0 Å². The molecule has 0 saturated heterocycles. The number of hydrogen-bond acceptors (Lipinski definition) is 3. The van der Waals surface area contributed by atoms with Crippen molar-refractivity contribution < 1.29 is 13.9 Å². The number of rotatable bonds is 6. The van der Waals surface area contributed by atoms with E-state index >= 15 is 0 Å². The minimum absolute atomic E-state index is 0.172. The van der Waals surface area contributed by atoms with Gasteiger partial charge in [-0.1, -0.05) is 18.2 Å². The highest BCUT2D eigenvalue weighted by Gasteiger charge is 2.16. The molecule has 3 N–H and O–H groups in total. The van der Waals surface area contributed by atoms with Crippen LogP contribution < -0.4 is 11.1 Å². The SMILES string of the molecule is COC(CN)CC(=O)NC(C)c1ccccc1F. The van der Waals surface area contributed by atoms with Gasteiger partial charge in [0.2, 0.25) is 5.91 Å². The van der Waals surface area contributed by atoms with Crippen molar-refractivity contribution in [2.45, 2.75) is 25.5 Å². The lowest BCUT2D eigenvalue weighted by Crippen LogP contribution is -2.33. The van der Waals surface area contributed by atoms with E-state index in [0.29, 0.717) is 5.56 Å². The van der Waals surface area contributed by atoms with Gasteiger partial charge in [0.25, 0.3) is 0 Å². The Morgan fingerprint density at radius 2 is 2.17 bits per heavy atom. The van der Waals surface area contributed by atoms with Crippen molar-refractivity contribution in [3.8, 4) is 0 Å². The second-order valence-corrected chi connectivity index (χ2v) is 4.11. The maximum absolute atomic E-state index is 13.5. The number of hydrogen-bond donors (Lipinski definition) is 2. The van der Waals surface area contributed by atoms with E-state index in [-0.39, 0.29) is 36.8 Å². The quantitative estimate of drug-likeness (QED) is 0.805. The molecule has 0 radical (unpaired) electrons. The number of halogens is 1. The van der Waals surface area contributed by atoms with Crippen LogP contribution in [-0.4, -0.2) is 25.7 Å². The monoisotopic (exact) mass is 254 g/mol. The van der Waals surface area contributed by atoms with E-state index in [4.69, 9.17) is 10.5 Å². The fourth-order valence-electron chi connectivity index (χ4n) is 1.67. The van der Waals surface area contributed by atoms with Crippen molar-refractivity contribution in [3.63, 3.8) is 0 Å². The van der Waals surface area contributed by atoms with Gasteiger partial charge in [-0.05, 0) is 13.0 Å². The molecule has 0 heterocycles. The average molecular weight is 254 g/mol. The van der Waals surface area contributed by atoms with Crippen LogP contribution in [0, 0.1) is 5.82 Å². The molecule has 2 unspecified atom stereocenters. The first-order valence-electron chi connectivity index (χ1n) is 5.85. The van der Waals surface area contributed by atoms with Crippen LogP contribution in [0.2, 0.25) is 0 Å². The first-order valence-corrected chi connectivity index (χ1v) is 5.85. The van der Waals surface area contributed by atoms with Crippen LogP contribution in [0.3, 0.4) is 0 Å². The molecule has 1 rings (SSSR count). The summed E-state index contributed by atoms with van der Waals surface area (Å²) in [4.78, 5) is 11.7. The number of ether oxygens (including phenoxy) is 1. The summed E-state index contributed by atoms with van der Waals surface area (Å²) in [7, 11) is 1.51. The van der Waals surface area contributed by atoms with Gasteiger partial charge in [-0.2, -0.15) is 0 Å². The molecule has 1 aromatic carbocycles. The van der Waals surface area contributed by atoms with E-state index in [1.165, 1.54) is 13.2 Å². The maximum Gasteiger partial charge on any atom is 0.223 e. The van der Waals surface area contributed by atoms with Gasteiger partial charge in [0.1, 0.15) is 5.82 Å². The third-order valence-corrected chi connectivity index (χ3v) is 2.76. The van der Waals surface area contributed by atoms with Crippen molar-refractivity contribution >= 4 is 5.91 Å². The molecule has 0 aliphatic carbocycles. The lowest BCUT2D eigenvalue weighted by molar-refractivity contribution is -0.124. The molecule has 0 bridgehead atoms. The molecule has 0 aliphatic heterocycles. The number of nitrogens with two attached hydrogens (primary N) is 1. The predicted molar refractivity (Wildman–Crippen MR) is 67.4 cm³/mol. The van der Waals surface area contributed by atoms with E-state index in [9.17, 15) is 9.18 Å². The summed E-state index contributed by atoms with van der Waals surface area (Å²) in [5, 5.41) is 2.72. The number of benzene rings is 1. The number of amides is 1. The molecule has 0 aromatic heterocycles. The van der Waals surface area contributed by atoms with Crippen LogP contribution >= 0.6 is 0 Å². The first-order chi connectivity index (χ1) is 8.58. The Morgan fingerprint density at radius 1 is 1.50 bits per heavy atom. The molecule has 0 fully saturated rings. The summed E-state index contributed by atoms with van der Waals surface area (Å²) in [5.74, 6) is -0.532. The molecule has 1 aromatic rings. The van der Waals surface area contributed by atoms with Crippen LogP contribution in [-0.2, 0) is 9.53 Å². The van der Waals surface area contributed by atoms with Crippen molar-refractivity contribution in [2.75, 3.05) is 13.7 Å². The molecule has 1 amide bonds. The lowest BCUT2D eigenvalue weighted by atomic mass is 10.1. The molecule has 0 spiro atoms.